The van der Waals surface area contributed by atoms with Crippen molar-refractivity contribution in [3.05, 3.63) is 12.2 Å². The molecule has 0 aliphatic carbocycles. The van der Waals surface area contributed by atoms with Gasteiger partial charge < -0.3 is 10.1 Å². The predicted molar refractivity (Wildman–Crippen MR) is 66.2 cm³/mol. The van der Waals surface area contributed by atoms with E-state index in [4.69, 9.17) is 4.74 Å². The van der Waals surface area contributed by atoms with Gasteiger partial charge in [-0.25, -0.2) is 0 Å². The van der Waals surface area contributed by atoms with Crippen molar-refractivity contribution in [3.63, 3.8) is 0 Å². The lowest BCUT2D eigenvalue weighted by molar-refractivity contribution is -0.118. The number of amides is 1. The molecule has 0 aromatic rings. The second-order valence-electron chi connectivity index (χ2n) is 3.72. The molecule has 15 heavy (non-hydrogen) atoms. The highest BCUT2D eigenvalue weighted by atomic mass is 32.2. The number of hydrogen-bond donors (Lipinski definition) is 1. The smallest absolute Gasteiger partial charge is 0.230 e. The van der Waals surface area contributed by atoms with E-state index in [1.165, 1.54) is 0 Å². The van der Waals surface area contributed by atoms with Crippen molar-refractivity contribution in [3.8, 4) is 0 Å². The zero-order valence-corrected chi connectivity index (χ0v) is 10.7. The molecule has 0 aromatic carbocycles. The summed E-state index contributed by atoms with van der Waals surface area (Å²) >= 11 is 1.64. The van der Waals surface area contributed by atoms with E-state index in [9.17, 15) is 4.79 Å². The normalized spacial score (nSPS) is 10.4. The van der Waals surface area contributed by atoms with Crippen molar-refractivity contribution in [1.82, 2.24) is 5.32 Å². The van der Waals surface area contributed by atoms with Crippen molar-refractivity contribution in [1.29, 1.82) is 0 Å². The van der Waals surface area contributed by atoms with Crippen LogP contribution in [0.4, 0.5) is 0 Å². The van der Waals surface area contributed by atoms with E-state index < -0.39 is 0 Å². The predicted octanol–water partition coefficient (Wildman–Crippen LogP) is 1.84. The second-order valence-corrected chi connectivity index (χ2v) is 5.28. The molecule has 1 amide bonds. The summed E-state index contributed by atoms with van der Waals surface area (Å²) in [5.41, 5.74) is 0.997. The van der Waals surface area contributed by atoms with Crippen LogP contribution in [-0.2, 0) is 9.53 Å². The lowest BCUT2D eigenvalue weighted by Gasteiger charge is -2.07. The third kappa shape index (κ3) is 11.4. The molecule has 0 atom stereocenters. The highest BCUT2D eigenvalue weighted by Gasteiger charge is 2.02. The Bertz CT molecular complexity index is 205. The van der Waals surface area contributed by atoms with Crippen molar-refractivity contribution in [2.45, 2.75) is 26.0 Å². The molecule has 0 aliphatic heterocycles. The summed E-state index contributed by atoms with van der Waals surface area (Å²) < 4.78 is 5.25. The van der Waals surface area contributed by atoms with Gasteiger partial charge in [-0.3, -0.25) is 4.79 Å². The van der Waals surface area contributed by atoms with Crippen LogP contribution in [0.3, 0.4) is 0 Å². The molecule has 1 N–H and O–H groups in total. The van der Waals surface area contributed by atoms with Crippen molar-refractivity contribution >= 4 is 17.7 Å². The monoisotopic (exact) mass is 231 g/mol. The van der Waals surface area contributed by atoms with E-state index in [-0.39, 0.29) is 5.91 Å². The molecule has 4 heteroatoms. The van der Waals surface area contributed by atoms with Crippen LogP contribution >= 0.6 is 11.8 Å². The van der Waals surface area contributed by atoms with Gasteiger partial charge in [-0.15, -0.1) is 11.8 Å². The van der Waals surface area contributed by atoms with Gasteiger partial charge in [0.25, 0.3) is 0 Å². The summed E-state index contributed by atoms with van der Waals surface area (Å²) in [6.45, 7) is 11.5. The lowest BCUT2D eigenvalue weighted by Crippen LogP contribution is -2.29. The molecular weight excluding hydrogens is 210 g/mol. The fourth-order valence-electron chi connectivity index (χ4n) is 0.802. The summed E-state index contributed by atoms with van der Waals surface area (Å²) in [7, 11) is 0. The number of hydrogen-bond acceptors (Lipinski definition) is 3. The molecule has 88 valence electrons. The first-order valence-electron chi connectivity index (χ1n) is 5.12. The third-order valence-corrected chi connectivity index (χ3v) is 2.56. The van der Waals surface area contributed by atoms with E-state index in [2.05, 4.69) is 25.7 Å². The molecule has 0 heterocycles. The summed E-state index contributed by atoms with van der Waals surface area (Å²) in [5, 5.41) is 3.29. The summed E-state index contributed by atoms with van der Waals surface area (Å²) in [4.78, 5) is 11.2. The van der Waals surface area contributed by atoms with E-state index >= 15 is 0 Å². The Labute approximate surface area is 96.6 Å². The average Bonchev–Trinajstić information content (AvgIpc) is 2.13. The zero-order valence-electron chi connectivity index (χ0n) is 9.84. The van der Waals surface area contributed by atoms with Crippen LogP contribution in [0.1, 0.15) is 20.8 Å². The summed E-state index contributed by atoms with van der Waals surface area (Å²) in [5.74, 6) is 0.602. The number of carbonyl (C=O) groups excluding carboxylic acids is 1. The van der Waals surface area contributed by atoms with Crippen LogP contribution in [0, 0.1) is 0 Å². The largest absolute Gasteiger partial charge is 0.375 e. The Hall–Kier alpha value is -0.480. The Morgan fingerprint density at radius 3 is 2.73 bits per heavy atom. The molecular formula is C11H21NO2S. The highest BCUT2D eigenvalue weighted by Crippen LogP contribution is 2.07. The molecule has 0 bridgehead atoms. The van der Waals surface area contributed by atoms with Gasteiger partial charge in [0.15, 0.2) is 0 Å². The highest BCUT2D eigenvalue weighted by molar-refractivity contribution is 8.00. The maximum atomic E-state index is 11.2. The number of nitrogens with one attached hydrogen (secondary N) is 1. The first kappa shape index (κ1) is 14.5. The molecule has 0 rings (SSSR count). The van der Waals surface area contributed by atoms with Gasteiger partial charge in [-0.05, 0) is 12.2 Å². The summed E-state index contributed by atoms with van der Waals surface area (Å²) in [6.07, 6.45) is 0. The SMILES string of the molecule is C=C(C)COCCNC(=O)CSC(C)C. The molecule has 3 nitrogen and oxygen atoms in total. The number of carbonyl (C=O) groups is 1. The molecule has 0 saturated carbocycles. The molecule has 0 aromatic heterocycles. The topological polar surface area (TPSA) is 38.3 Å². The number of ether oxygens (including phenoxy) is 1. The quantitative estimate of drug-likeness (QED) is 0.512. The number of rotatable bonds is 8. The van der Waals surface area contributed by atoms with Crippen molar-refractivity contribution < 1.29 is 9.53 Å². The standard InChI is InChI=1S/C11H21NO2S/c1-9(2)7-14-6-5-12-11(13)8-15-10(3)4/h10H,1,5-8H2,2-4H3,(H,12,13). The Balaban J connectivity index is 3.28. The van der Waals surface area contributed by atoms with Crippen LogP contribution < -0.4 is 5.32 Å². The maximum absolute atomic E-state index is 11.2. The first-order valence-corrected chi connectivity index (χ1v) is 6.17. The van der Waals surface area contributed by atoms with Crippen molar-refractivity contribution in [2.75, 3.05) is 25.5 Å². The van der Waals surface area contributed by atoms with Gasteiger partial charge >= 0.3 is 0 Å². The van der Waals surface area contributed by atoms with E-state index in [1.807, 2.05) is 6.92 Å². The van der Waals surface area contributed by atoms with Crippen LogP contribution in [-0.4, -0.2) is 36.7 Å². The average molecular weight is 231 g/mol. The lowest BCUT2D eigenvalue weighted by atomic mass is 10.4. The second kappa shape index (κ2) is 8.80. The Kier molecular flexibility index (Phi) is 8.52. The minimum Gasteiger partial charge on any atom is -0.375 e. The van der Waals surface area contributed by atoms with E-state index in [0.717, 1.165) is 5.57 Å². The fourth-order valence-corrected chi connectivity index (χ4v) is 1.39. The molecule has 0 radical (unpaired) electrons. The Morgan fingerprint density at radius 2 is 2.20 bits per heavy atom. The third-order valence-electron chi connectivity index (χ3n) is 1.46. The van der Waals surface area contributed by atoms with Gasteiger partial charge in [-0.2, -0.15) is 0 Å². The Morgan fingerprint density at radius 1 is 1.53 bits per heavy atom. The first-order chi connectivity index (χ1) is 7.02. The minimum atomic E-state index is 0.0765. The molecule has 0 unspecified atom stereocenters. The van der Waals surface area contributed by atoms with E-state index in [1.54, 1.807) is 11.8 Å². The van der Waals surface area contributed by atoms with Crippen molar-refractivity contribution in [2.24, 2.45) is 0 Å². The van der Waals surface area contributed by atoms with Crippen LogP contribution in [0.2, 0.25) is 0 Å². The van der Waals surface area contributed by atoms with Crippen LogP contribution in [0.15, 0.2) is 12.2 Å². The molecule has 0 aliphatic rings. The van der Waals surface area contributed by atoms with Gasteiger partial charge in [0.05, 0.1) is 19.0 Å². The van der Waals surface area contributed by atoms with Gasteiger partial charge in [0.1, 0.15) is 0 Å². The van der Waals surface area contributed by atoms with Gasteiger partial charge in [0, 0.05) is 6.54 Å². The molecule has 0 saturated heterocycles. The minimum absolute atomic E-state index is 0.0765. The zero-order chi connectivity index (χ0) is 11.7. The molecule has 0 fully saturated rings. The van der Waals surface area contributed by atoms with Crippen LogP contribution in [0.5, 0.6) is 0 Å². The number of thioether (sulfide) groups is 1. The fraction of sp³-hybridized carbons (Fsp3) is 0.727. The van der Waals surface area contributed by atoms with Gasteiger partial charge in [-0.1, -0.05) is 26.0 Å². The molecule has 0 spiro atoms. The summed E-state index contributed by atoms with van der Waals surface area (Å²) in [6, 6.07) is 0. The van der Waals surface area contributed by atoms with Gasteiger partial charge in [0.2, 0.25) is 5.91 Å². The maximum Gasteiger partial charge on any atom is 0.230 e. The van der Waals surface area contributed by atoms with Crippen LogP contribution in [0.25, 0.3) is 0 Å². The van der Waals surface area contributed by atoms with E-state index in [0.29, 0.717) is 30.8 Å².